The van der Waals surface area contributed by atoms with E-state index in [1.807, 2.05) is 0 Å². The van der Waals surface area contributed by atoms with Gasteiger partial charge in [0.1, 0.15) is 5.69 Å². The van der Waals surface area contributed by atoms with Gasteiger partial charge in [0, 0.05) is 23.9 Å². The Morgan fingerprint density at radius 2 is 2.10 bits per heavy atom. The number of carboxylic acid groups (broad SMARTS) is 1. The maximum Gasteiger partial charge on any atom is 0.352 e. The molecule has 1 fully saturated rings. The van der Waals surface area contributed by atoms with Crippen molar-refractivity contribution in [3.63, 3.8) is 0 Å². The highest BCUT2D eigenvalue weighted by molar-refractivity contribution is 6.10. The van der Waals surface area contributed by atoms with Crippen LogP contribution in [0.2, 0.25) is 0 Å². The number of nitrogens with one attached hydrogen (secondary N) is 2. The number of fused-ring (bicyclic) bond motifs is 1. The van der Waals surface area contributed by atoms with E-state index in [4.69, 9.17) is 5.11 Å². The summed E-state index contributed by atoms with van der Waals surface area (Å²) in [6.07, 6.45) is 0.221. The van der Waals surface area contributed by atoms with E-state index in [0.29, 0.717) is 16.6 Å². The maximum atomic E-state index is 11.9. The highest BCUT2D eigenvalue weighted by Crippen LogP contribution is 2.28. The molecule has 0 atom stereocenters. The van der Waals surface area contributed by atoms with Gasteiger partial charge in [0.2, 0.25) is 5.91 Å². The lowest BCUT2D eigenvalue weighted by Crippen LogP contribution is -2.49. The minimum absolute atomic E-state index is 0.0564. The SMILES string of the molecule is O=C1CCN(c2cccc3[nH]c(C(=O)O)cc23)C(=O)N1. The first-order valence-electron chi connectivity index (χ1n) is 6.02. The molecular formula is C13H11N3O4. The van der Waals surface area contributed by atoms with Gasteiger partial charge < -0.3 is 10.1 Å². The van der Waals surface area contributed by atoms with Crippen LogP contribution in [0.25, 0.3) is 10.9 Å². The maximum absolute atomic E-state index is 11.9. The first-order valence-corrected chi connectivity index (χ1v) is 6.02. The van der Waals surface area contributed by atoms with Crippen LogP contribution in [-0.2, 0) is 4.79 Å². The van der Waals surface area contributed by atoms with E-state index in [1.54, 1.807) is 18.2 Å². The summed E-state index contributed by atoms with van der Waals surface area (Å²) in [6, 6.07) is 6.17. The molecule has 2 aromatic rings. The number of carboxylic acids is 1. The van der Waals surface area contributed by atoms with Gasteiger partial charge in [-0.05, 0) is 18.2 Å². The summed E-state index contributed by atoms with van der Waals surface area (Å²) < 4.78 is 0. The van der Waals surface area contributed by atoms with E-state index in [0.717, 1.165) is 0 Å². The van der Waals surface area contributed by atoms with Crippen LogP contribution >= 0.6 is 0 Å². The topological polar surface area (TPSA) is 102 Å². The van der Waals surface area contributed by atoms with Crippen molar-refractivity contribution >= 4 is 34.5 Å². The third-order valence-electron chi connectivity index (χ3n) is 3.22. The number of carbonyl (C=O) groups excluding carboxylic acids is 2. The minimum atomic E-state index is -1.06. The monoisotopic (exact) mass is 273 g/mol. The number of aromatic carboxylic acids is 1. The van der Waals surface area contributed by atoms with Crippen LogP contribution in [0.15, 0.2) is 24.3 Å². The summed E-state index contributed by atoms with van der Waals surface area (Å²) in [5.74, 6) is -1.37. The Kier molecular flexibility index (Phi) is 2.67. The number of anilines is 1. The molecular weight excluding hydrogens is 262 g/mol. The molecule has 3 amide bonds. The number of nitrogens with zero attached hydrogens (tertiary/aromatic N) is 1. The Morgan fingerprint density at radius 1 is 1.30 bits per heavy atom. The van der Waals surface area contributed by atoms with E-state index in [9.17, 15) is 14.4 Å². The predicted molar refractivity (Wildman–Crippen MR) is 70.8 cm³/mol. The van der Waals surface area contributed by atoms with E-state index in [2.05, 4.69) is 10.3 Å². The molecule has 3 N–H and O–H groups in total. The zero-order valence-corrected chi connectivity index (χ0v) is 10.3. The van der Waals surface area contributed by atoms with Gasteiger partial charge in [-0.3, -0.25) is 15.0 Å². The van der Waals surface area contributed by atoms with Crippen LogP contribution in [0.4, 0.5) is 10.5 Å². The molecule has 1 aromatic heterocycles. The number of carbonyl (C=O) groups is 3. The Morgan fingerprint density at radius 3 is 2.80 bits per heavy atom. The summed E-state index contributed by atoms with van der Waals surface area (Å²) in [7, 11) is 0. The van der Waals surface area contributed by atoms with Gasteiger partial charge in [-0.2, -0.15) is 0 Å². The van der Waals surface area contributed by atoms with Gasteiger partial charge in [-0.15, -0.1) is 0 Å². The third kappa shape index (κ3) is 1.89. The molecule has 1 saturated heterocycles. The van der Waals surface area contributed by atoms with E-state index in [1.165, 1.54) is 11.0 Å². The van der Waals surface area contributed by atoms with Gasteiger partial charge in [-0.1, -0.05) is 6.07 Å². The van der Waals surface area contributed by atoms with Gasteiger partial charge in [0.15, 0.2) is 0 Å². The van der Waals surface area contributed by atoms with Crippen LogP contribution in [-0.4, -0.2) is 34.5 Å². The van der Waals surface area contributed by atoms with Crippen molar-refractivity contribution in [3.05, 3.63) is 30.0 Å². The first kappa shape index (κ1) is 12.2. The van der Waals surface area contributed by atoms with E-state index in [-0.39, 0.29) is 24.6 Å². The number of benzene rings is 1. The molecule has 0 saturated carbocycles. The second kappa shape index (κ2) is 4.37. The molecule has 7 heteroatoms. The fourth-order valence-corrected chi connectivity index (χ4v) is 2.28. The molecule has 1 aliphatic rings. The third-order valence-corrected chi connectivity index (χ3v) is 3.22. The number of aromatic nitrogens is 1. The number of imide groups is 1. The van der Waals surface area contributed by atoms with Crippen molar-refractivity contribution in [3.8, 4) is 0 Å². The summed E-state index contributed by atoms with van der Waals surface area (Å²) in [4.78, 5) is 38.2. The molecule has 102 valence electrons. The zero-order valence-electron chi connectivity index (χ0n) is 10.3. The van der Waals surface area contributed by atoms with Crippen LogP contribution in [0, 0.1) is 0 Å². The fourth-order valence-electron chi connectivity index (χ4n) is 2.28. The molecule has 0 spiro atoms. The van der Waals surface area contributed by atoms with E-state index >= 15 is 0 Å². The molecule has 1 aromatic carbocycles. The summed E-state index contributed by atoms with van der Waals surface area (Å²) >= 11 is 0. The number of rotatable bonds is 2. The standard InChI is InChI=1S/C13H11N3O4/c17-11-4-5-16(13(20)15-11)10-3-1-2-8-7(10)6-9(14-8)12(18)19/h1-3,6,14H,4-5H2,(H,18,19)(H,15,17,20). The Hall–Kier alpha value is -2.83. The quantitative estimate of drug-likeness (QED) is 0.767. The Labute approximate surface area is 113 Å². The van der Waals surface area contributed by atoms with Crippen LogP contribution in [0.1, 0.15) is 16.9 Å². The molecule has 2 heterocycles. The normalized spacial score (nSPS) is 15.5. The lowest BCUT2D eigenvalue weighted by Gasteiger charge is -2.27. The van der Waals surface area contributed by atoms with Crippen LogP contribution in [0.5, 0.6) is 0 Å². The van der Waals surface area contributed by atoms with Crippen molar-refractivity contribution in [2.24, 2.45) is 0 Å². The second-order valence-electron chi connectivity index (χ2n) is 4.48. The van der Waals surface area contributed by atoms with Crippen molar-refractivity contribution in [1.82, 2.24) is 10.3 Å². The van der Waals surface area contributed by atoms with E-state index < -0.39 is 12.0 Å². The summed E-state index contributed by atoms with van der Waals surface area (Å²) in [6.45, 7) is 0.275. The summed E-state index contributed by atoms with van der Waals surface area (Å²) in [5, 5.41) is 11.9. The second-order valence-corrected chi connectivity index (χ2v) is 4.48. The van der Waals surface area contributed by atoms with Gasteiger partial charge >= 0.3 is 12.0 Å². The van der Waals surface area contributed by atoms with Crippen molar-refractivity contribution in [2.45, 2.75) is 6.42 Å². The van der Waals surface area contributed by atoms with Crippen LogP contribution < -0.4 is 10.2 Å². The molecule has 20 heavy (non-hydrogen) atoms. The highest BCUT2D eigenvalue weighted by Gasteiger charge is 2.26. The molecule has 0 bridgehead atoms. The lowest BCUT2D eigenvalue weighted by atomic mass is 10.1. The minimum Gasteiger partial charge on any atom is -0.477 e. The van der Waals surface area contributed by atoms with Crippen molar-refractivity contribution < 1.29 is 19.5 Å². The summed E-state index contributed by atoms with van der Waals surface area (Å²) in [5.41, 5.74) is 1.27. The van der Waals surface area contributed by atoms with Gasteiger partial charge in [0.05, 0.1) is 5.69 Å². The average Bonchev–Trinajstić information content (AvgIpc) is 2.83. The Balaban J connectivity index is 2.09. The molecule has 0 unspecified atom stereocenters. The number of hydrogen-bond acceptors (Lipinski definition) is 3. The molecule has 7 nitrogen and oxygen atoms in total. The number of urea groups is 1. The predicted octanol–water partition coefficient (Wildman–Crippen LogP) is 1.31. The van der Waals surface area contributed by atoms with Crippen molar-refractivity contribution in [1.29, 1.82) is 0 Å². The van der Waals surface area contributed by atoms with Gasteiger partial charge in [0.25, 0.3) is 0 Å². The Bertz CT molecular complexity index is 734. The molecule has 1 aliphatic heterocycles. The van der Waals surface area contributed by atoms with Gasteiger partial charge in [-0.25, -0.2) is 9.59 Å². The van der Waals surface area contributed by atoms with Crippen LogP contribution in [0.3, 0.4) is 0 Å². The first-order chi connectivity index (χ1) is 9.56. The number of amides is 3. The zero-order chi connectivity index (χ0) is 14.3. The number of aromatic amines is 1. The molecule has 0 radical (unpaired) electrons. The number of hydrogen-bond donors (Lipinski definition) is 3. The fraction of sp³-hybridized carbons (Fsp3) is 0.154. The number of H-pyrrole nitrogens is 1. The highest BCUT2D eigenvalue weighted by atomic mass is 16.4. The largest absolute Gasteiger partial charge is 0.477 e. The average molecular weight is 273 g/mol. The lowest BCUT2D eigenvalue weighted by molar-refractivity contribution is -0.120. The molecule has 3 rings (SSSR count). The van der Waals surface area contributed by atoms with Crippen molar-refractivity contribution in [2.75, 3.05) is 11.4 Å². The molecule has 0 aliphatic carbocycles. The smallest absolute Gasteiger partial charge is 0.352 e.